The Bertz CT molecular complexity index is 710. The third-order valence-corrected chi connectivity index (χ3v) is 3.43. The van der Waals surface area contributed by atoms with Crippen LogP contribution in [-0.4, -0.2) is 6.61 Å². The molecule has 0 atom stereocenters. The molecule has 20 heavy (non-hydrogen) atoms. The van der Waals surface area contributed by atoms with Gasteiger partial charge in [-0.2, -0.15) is 0 Å². The highest BCUT2D eigenvalue weighted by Crippen LogP contribution is 2.34. The molecule has 3 aromatic rings. The van der Waals surface area contributed by atoms with Gasteiger partial charge in [-0.25, -0.2) is 0 Å². The minimum Gasteiger partial charge on any atom is -0.493 e. The van der Waals surface area contributed by atoms with Crippen LogP contribution in [0.4, 0.5) is 0 Å². The average Bonchev–Trinajstić information content (AvgIpc) is 2.53. The molecule has 0 spiro atoms. The van der Waals surface area contributed by atoms with Gasteiger partial charge in [0, 0.05) is 5.56 Å². The Morgan fingerprint density at radius 2 is 1.45 bits per heavy atom. The van der Waals surface area contributed by atoms with Crippen LogP contribution in [0.2, 0.25) is 0 Å². The van der Waals surface area contributed by atoms with Crippen molar-refractivity contribution in [1.29, 1.82) is 0 Å². The van der Waals surface area contributed by atoms with Crippen molar-refractivity contribution in [3.8, 4) is 16.9 Å². The summed E-state index contributed by atoms with van der Waals surface area (Å²) in [5, 5.41) is 2.53. The number of para-hydroxylation sites is 1. The van der Waals surface area contributed by atoms with E-state index in [1.807, 2.05) is 12.1 Å². The molecule has 1 nitrogen and oxygen atoms in total. The van der Waals surface area contributed by atoms with E-state index in [0.29, 0.717) is 0 Å². The molecule has 0 saturated heterocycles. The highest BCUT2D eigenvalue weighted by Gasteiger charge is 2.08. The maximum absolute atomic E-state index is 5.89. The van der Waals surface area contributed by atoms with Gasteiger partial charge in [-0.1, -0.05) is 67.6 Å². The van der Waals surface area contributed by atoms with Gasteiger partial charge in [0.1, 0.15) is 5.75 Å². The molecule has 3 rings (SSSR count). The van der Waals surface area contributed by atoms with Crippen molar-refractivity contribution in [3.63, 3.8) is 0 Å². The first-order chi connectivity index (χ1) is 9.90. The summed E-state index contributed by atoms with van der Waals surface area (Å²) in [7, 11) is 0. The van der Waals surface area contributed by atoms with Crippen LogP contribution >= 0.6 is 0 Å². The maximum Gasteiger partial charge on any atom is 0.127 e. The van der Waals surface area contributed by atoms with E-state index in [1.54, 1.807) is 0 Å². The molecule has 0 aliphatic carbocycles. The van der Waals surface area contributed by atoms with E-state index in [4.69, 9.17) is 4.74 Å². The second kappa shape index (κ2) is 5.79. The van der Waals surface area contributed by atoms with E-state index in [1.165, 1.54) is 16.3 Å². The zero-order valence-corrected chi connectivity index (χ0v) is 11.7. The van der Waals surface area contributed by atoms with Crippen molar-refractivity contribution < 1.29 is 4.74 Å². The number of rotatable bonds is 4. The lowest BCUT2D eigenvalue weighted by molar-refractivity contribution is 0.319. The fraction of sp³-hybridized carbons (Fsp3) is 0.158. The van der Waals surface area contributed by atoms with Crippen molar-refractivity contribution in [2.24, 2.45) is 0 Å². The highest BCUT2D eigenvalue weighted by atomic mass is 16.5. The Balaban J connectivity index is 2.16. The first-order valence-corrected chi connectivity index (χ1v) is 7.10. The normalized spacial score (nSPS) is 10.7. The first-order valence-electron chi connectivity index (χ1n) is 7.10. The zero-order chi connectivity index (χ0) is 13.8. The second-order valence-corrected chi connectivity index (χ2v) is 4.87. The van der Waals surface area contributed by atoms with Crippen LogP contribution in [0, 0.1) is 0 Å². The molecule has 0 saturated carbocycles. The Kier molecular flexibility index (Phi) is 3.69. The Morgan fingerprint density at radius 3 is 2.35 bits per heavy atom. The molecule has 0 heterocycles. The zero-order valence-electron chi connectivity index (χ0n) is 11.7. The van der Waals surface area contributed by atoms with Crippen LogP contribution in [0.5, 0.6) is 5.75 Å². The summed E-state index contributed by atoms with van der Waals surface area (Å²) < 4.78 is 5.89. The van der Waals surface area contributed by atoms with Crippen LogP contribution < -0.4 is 4.74 Å². The van der Waals surface area contributed by atoms with Crippen LogP contribution in [-0.2, 0) is 0 Å². The van der Waals surface area contributed by atoms with Gasteiger partial charge in [0.25, 0.3) is 0 Å². The van der Waals surface area contributed by atoms with Crippen LogP contribution in [0.1, 0.15) is 13.3 Å². The third-order valence-electron chi connectivity index (χ3n) is 3.43. The van der Waals surface area contributed by atoms with Crippen molar-refractivity contribution in [2.75, 3.05) is 6.61 Å². The van der Waals surface area contributed by atoms with Gasteiger partial charge < -0.3 is 4.74 Å². The topological polar surface area (TPSA) is 9.23 Å². The van der Waals surface area contributed by atoms with E-state index < -0.39 is 0 Å². The smallest absolute Gasteiger partial charge is 0.127 e. The molecular formula is C19H18O. The summed E-state index contributed by atoms with van der Waals surface area (Å²) in [6, 6.07) is 23.2. The molecule has 0 aromatic heterocycles. The van der Waals surface area contributed by atoms with Crippen LogP contribution in [0.25, 0.3) is 21.9 Å². The molecular weight excluding hydrogens is 244 g/mol. The fourth-order valence-electron chi connectivity index (χ4n) is 2.49. The van der Waals surface area contributed by atoms with Gasteiger partial charge in [-0.3, -0.25) is 0 Å². The minimum absolute atomic E-state index is 0.752. The molecule has 0 N–H and O–H groups in total. The molecule has 0 bridgehead atoms. The third kappa shape index (κ3) is 2.39. The molecule has 0 aliphatic heterocycles. The fourth-order valence-corrected chi connectivity index (χ4v) is 2.49. The molecule has 0 aliphatic rings. The van der Waals surface area contributed by atoms with E-state index in [2.05, 4.69) is 61.5 Å². The van der Waals surface area contributed by atoms with E-state index >= 15 is 0 Å². The van der Waals surface area contributed by atoms with E-state index in [9.17, 15) is 0 Å². The lowest BCUT2D eigenvalue weighted by Gasteiger charge is -2.13. The quantitative estimate of drug-likeness (QED) is 0.620. The van der Waals surface area contributed by atoms with Crippen molar-refractivity contribution in [1.82, 2.24) is 0 Å². The van der Waals surface area contributed by atoms with Gasteiger partial charge in [-0.05, 0) is 28.8 Å². The predicted molar refractivity (Wildman–Crippen MR) is 85.2 cm³/mol. The first kappa shape index (κ1) is 12.7. The number of fused-ring (bicyclic) bond motifs is 1. The molecule has 0 fully saturated rings. The van der Waals surface area contributed by atoms with Gasteiger partial charge >= 0.3 is 0 Å². The van der Waals surface area contributed by atoms with Crippen LogP contribution in [0.3, 0.4) is 0 Å². The Hall–Kier alpha value is -2.28. The maximum atomic E-state index is 5.89. The number of hydrogen-bond acceptors (Lipinski definition) is 1. The van der Waals surface area contributed by atoms with E-state index in [0.717, 1.165) is 24.3 Å². The summed E-state index contributed by atoms with van der Waals surface area (Å²) in [5.74, 6) is 0.964. The monoisotopic (exact) mass is 262 g/mol. The standard InChI is InChI=1S/C19H18O/c1-2-14-20-19-13-6-5-11-18(19)17-12-7-9-15-8-3-4-10-16(15)17/h3-13H,2,14H2,1H3. The minimum atomic E-state index is 0.752. The lowest BCUT2D eigenvalue weighted by Crippen LogP contribution is -1.96. The summed E-state index contributed by atoms with van der Waals surface area (Å²) in [5.41, 5.74) is 2.40. The van der Waals surface area contributed by atoms with Gasteiger partial charge in [0.2, 0.25) is 0 Å². The van der Waals surface area contributed by atoms with Gasteiger partial charge in [-0.15, -0.1) is 0 Å². The lowest BCUT2D eigenvalue weighted by atomic mass is 9.98. The number of ether oxygens (including phenoxy) is 1. The van der Waals surface area contributed by atoms with Crippen LogP contribution in [0.15, 0.2) is 66.7 Å². The summed E-state index contributed by atoms with van der Waals surface area (Å²) in [6.45, 7) is 2.88. The highest BCUT2D eigenvalue weighted by molar-refractivity contribution is 5.97. The van der Waals surface area contributed by atoms with Crippen molar-refractivity contribution >= 4 is 10.8 Å². The SMILES string of the molecule is CCCOc1ccccc1-c1cccc2ccccc12. The van der Waals surface area contributed by atoms with Gasteiger partial charge in [0.05, 0.1) is 6.61 Å². The molecule has 100 valence electrons. The van der Waals surface area contributed by atoms with Crippen molar-refractivity contribution in [2.45, 2.75) is 13.3 Å². The summed E-state index contributed by atoms with van der Waals surface area (Å²) in [4.78, 5) is 0. The Labute approximate surface area is 119 Å². The molecule has 0 amide bonds. The van der Waals surface area contributed by atoms with Crippen molar-refractivity contribution in [3.05, 3.63) is 66.7 Å². The summed E-state index contributed by atoms with van der Waals surface area (Å²) in [6.07, 6.45) is 1.02. The molecule has 1 heteroatoms. The second-order valence-electron chi connectivity index (χ2n) is 4.87. The average molecular weight is 262 g/mol. The predicted octanol–water partition coefficient (Wildman–Crippen LogP) is 5.30. The molecule has 0 unspecified atom stereocenters. The van der Waals surface area contributed by atoms with E-state index in [-0.39, 0.29) is 0 Å². The Morgan fingerprint density at radius 1 is 0.750 bits per heavy atom. The number of hydrogen-bond donors (Lipinski definition) is 0. The largest absolute Gasteiger partial charge is 0.493 e. The number of benzene rings is 3. The molecule has 3 aromatic carbocycles. The van der Waals surface area contributed by atoms with Gasteiger partial charge in [0.15, 0.2) is 0 Å². The summed E-state index contributed by atoms with van der Waals surface area (Å²) >= 11 is 0. The molecule has 0 radical (unpaired) electrons.